The zero-order valence-electron chi connectivity index (χ0n) is 13.6. The zero-order valence-corrected chi connectivity index (χ0v) is 13.6. The van der Waals surface area contributed by atoms with Gasteiger partial charge < -0.3 is 4.74 Å². The Morgan fingerprint density at radius 2 is 1.95 bits per heavy atom. The maximum absolute atomic E-state index is 5.43. The molecule has 0 bridgehead atoms. The maximum Gasteiger partial charge on any atom is 0.105 e. The highest BCUT2D eigenvalue weighted by Gasteiger charge is 2.31. The van der Waals surface area contributed by atoms with E-state index in [0.717, 1.165) is 31.6 Å². The van der Waals surface area contributed by atoms with E-state index in [1.165, 1.54) is 16.8 Å². The van der Waals surface area contributed by atoms with Crippen LogP contribution in [-0.4, -0.2) is 40.2 Å². The molecular weight excluding hydrogens is 276 g/mol. The molecule has 0 unspecified atom stereocenters. The SMILES string of the molecule is CCc1ccc(CN2CCc3c(nnn3C)[C@@H]2COC)cc1. The highest BCUT2D eigenvalue weighted by Crippen LogP contribution is 2.29. The van der Waals surface area contributed by atoms with E-state index in [1.807, 2.05) is 11.7 Å². The number of benzene rings is 1. The fourth-order valence-corrected chi connectivity index (χ4v) is 3.17. The van der Waals surface area contributed by atoms with Crippen molar-refractivity contribution in [1.82, 2.24) is 19.9 Å². The smallest absolute Gasteiger partial charge is 0.105 e. The molecule has 1 atom stereocenters. The Kier molecular flexibility index (Phi) is 4.55. The van der Waals surface area contributed by atoms with Gasteiger partial charge in [-0.2, -0.15) is 0 Å². The predicted octanol–water partition coefficient (Wildman–Crippen LogP) is 2.12. The first-order chi connectivity index (χ1) is 10.7. The highest BCUT2D eigenvalue weighted by atomic mass is 16.5. The second-order valence-corrected chi connectivity index (χ2v) is 5.91. The molecule has 0 saturated heterocycles. The van der Waals surface area contributed by atoms with Crippen molar-refractivity contribution in [3.05, 3.63) is 46.8 Å². The molecule has 1 aliphatic rings. The maximum atomic E-state index is 5.43. The summed E-state index contributed by atoms with van der Waals surface area (Å²) in [5.41, 5.74) is 5.03. The molecule has 2 heterocycles. The van der Waals surface area contributed by atoms with Gasteiger partial charge in [0, 0.05) is 33.7 Å². The third-order valence-corrected chi connectivity index (χ3v) is 4.51. The van der Waals surface area contributed by atoms with Crippen LogP contribution in [0.1, 0.15) is 35.5 Å². The van der Waals surface area contributed by atoms with Crippen LogP contribution >= 0.6 is 0 Å². The minimum absolute atomic E-state index is 0.188. The number of aromatic nitrogens is 3. The predicted molar refractivity (Wildman–Crippen MR) is 85.6 cm³/mol. The monoisotopic (exact) mass is 300 g/mol. The molecule has 1 aromatic heterocycles. The molecular formula is C17H24N4O. The fourth-order valence-electron chi connectivity index (χ4n) is 3.17. The molecule has 0 spiro atoms. The molecule has 0 aliphatic carbocycles. The minimum Gasteiger partial charge on any atom is -0.383 e. The summed E-state index contributed by atoms with van der Waals surface area (Å²) in [4.78, 5) is 2.45. The minimum atomic E-state index is 0.188. The van der Waals surface area contributed by atoms with Gasteiger partial charge in [-0.05, 0) is 17.5 Å². The van der Waals surface area contributed by atoms with E-state index in [9.17, 15) is 0 Å². The van der Waals surface area contributed by atoms with Crippen LogP contribution in [0.5, 0.6) is 0 Å². The Morgan fingerprint density at radius 1 is 1.23 bits per heavy atom. The van der Waals surface area contributed by atoms with Crippen molar-refractivity contribution in [3.8, 4) is 0 Å². The summed E-state index contributed by atoms with van der Waals surface area (Å²) in [6, 6.07) is 9.09. The number of methoxy groups -OCH3 is 1. The van der Waals surface area contributed by atoms with E-state index in [1.54, 1.807) is 7.11 Å². The van der Waals surface area contributed by atoms with Crippen molar-refractivity contribution in [2.24, 2.45) is 7.05 Å². The molecule has 0 saturated carbocycles. The van der Waals surface area contributed by atoms with Gasteiger partial charge in [-0.15, -0.1) is 5.10 Å². The van der Waals surface area contributed by atoms with Gasteiger partial charge in [-0.1, -0.05) is 36.4 Å². The average Bonchev–Trinajstić information content (AvgIpc) is 2.92. The second-order valence-electron chi connectivity index (χ2n) is 5.91. The van der Waals surface area contributed by atoms with Gasteiger partial charge in [0.1, 0.15) is 5.69 Å². The van der Waals surface area contributed by atoms with Crippen molar-refractivity contribution in [2.45, 2.75) is 32.4 Å². The van der Waals surface area contributed by atoms with Gasteiger partial charge in [0.2, 0.25) is 0 Å². The molecule has 1 aromatic carbocycles. The Balaban J connectivity index is 1.80. The molecule has 2 aromatic rings. The van der Waals surface area contributed by atoms with E-state index in [-0.39, 0.29) is 6.04 Å². The summed E-state index contributed by atoms with van der Waals surface area (Å²) in [5, 5.41) is 8.55. The number of hydrogen-bond donors (Lipinski definition) is 0. The summed E-state index contributed by atoms with van der Waals surface area (Å²) in [7, 11) is 3.72. The molecule has 0 fully saturated rings. The lowest BCUT2D eigenvalue weighted by Crippen LogP contribution is -2.37. The first-order valence-corrected chi connectivity index (χ1v) is 7.92. The summed E-state index contributed by atoms with van der Waals surface area (Å²) < 4.78 is 7.33. The van der Waals surface area contributed by atoms with E-state index >= 15 is 0 Å². The van der Waals surface area contributed by atoms with Crippen molar-refractivity contribution in [1.29, 1.82) is 0 Å². The van der Waals surface area contributed by atoms with Gasteiger partial charge in [0.15, 0.2) is 0 Å². The Bertz CT molecular complexity index is 620. The molecule has 0 radical (unpaired) electrons. The molecule has 5 nitrogen and oxygen atoms in total. The lowest BCUT2D eigenvalue weighted by molar-refractivity contribution is 0.0750. The average molecular weight is 300 g/mol. The standard InChI is InChI=1S/C17H24N4O/c1-4-13-5-7-14(8-6-13)11-21-10-9-15-17(16(21)12-22-3)18-19-20(15)2/h5-8,16H,4,9-12H2,1-3H3/t16-/m0/s1. The summed E-state index contributed by atoms with van der Waals surface area (Å²) in [6.45, 7) is 4.77. The lowest BCUT2D eigenvalue weighted by Gasteiger charge is -2.34. The second kappa shape index (κ2) is 6.58. The molecule has 5 heteroatoms. The molecule has 118 valence electrons. The largest absolute Gasteiger partial charge is 0.383 e. The van der Waals surface area contributed by atoms with Crippen LogP contribution in [0.3, 0.4) is 0 Å². The fraction of sp³-hybridized carbons (Fsp3) is 0.529. The van der Waals surface area contributed by atoms with Crippen LogP contribution in [0.2, 0.25) is 0 Å². The van der Waals surface area contributed by atoms with Crippen LogP contribution in [0.15, 0.2) is 24.3 Å². The molecule has 0 N–H and O–H groups in total. The number of hydrogen-bond acceptors (Lipinski definition) is 4. The third kappa shape index (κ3) is 2.91. The zero-order chi connectivity index (χ0) is 15.5. The molecule has 1 aliphatic heterocycles. The Hall–Kier alpha value is -1.72. The Morgan fingerprint density at radius 3 is 2.64 bits per heavy atom. The Labute approximate surface area is 131 Å². The van der Waals surface area contributed by atoms with Crippen molar-refractivity contribution < 1.29 is 4.74 Å². The molecule has 3 rings (SSSR count). The molecule has 0 amide bonds. The van der Waals surface area contributed by atoms with Crippen LogP contribution in [0.25, 0.3) is 0 Å². The molecule has 22 heavy (non-hydrogen) atoms. The normalized spacial score (nSPS) is 18.4. The van der Waals surface area contributed by atoms with Gasteiger partial charge in [0.05, 0.1) is 18.3 Å². The van der Waals surface area contributed by atoms with Gasteiger partial charge >= 0.3 is 0 Å². The number of ether oxygens (including phenoxy) is 1. The summed E-state index contributed by atoms with van der Waals surface area (Å²) >= 11 is 0. The quantitative estimate of drug-likeness (QED) is 0.848. The number of nitrogens with zero attached hydrogens (tertiary/aromatic N) is 4. The first kappa shape index (κ1) is 15.2. The topological polar surface area (TPSA) is 43.2 Å². The number of fused-ring (bicyclic) bond motifs is 1. The summed E-state index contributed by atoms with van der Waals surface area (Å²) in [5.74, 6) is 0. The summed E-state index contributed by atoms with van der Waals surface area (Å²) in [6.07, 6.45) is 2.07. The van der Waals surface area contributed by atoms with E-state index in [4.69, 9.17) is 4.74 Å². The number of rotatable bonds is 5. The highest BCUT2D eigenvalue weighted by molar-refractivity contribution is 5.24. The number of aryl methyl sites for hydroxylation is 2. The third-order valence-electron chi connectivity index (χ3n) is 4.51. The van der Waals surface area contributed by atoms with Crippen molar-refractivity contribution in [2.75, 3.05) is 20.3 Å². The van der Waals surface area contributed by atoms with Crippen LogP contribution < -0.4 is 0 Å². The van der Waals surface area contributed by atoms with E-state index < -0.39 is 0 Å². The van der Waals surface area contributed by atoms with Crippen LogP contribution in [-0.2, 0) is 31.2 Å². The van der Waals surface area contributed by atoms with Gasteiger partial charge in [-0.25, -0.2) is 0 Å². The van der Waals surface area contributed by atoms with E-state index in [2.05, 4.69) is 46.4 Å². The van der Waals surface area contributed by atoms with Crippen LogP contribution in [0, 0.1) is 0 Å². The lowest BCUT2D eigenvalue weighted by atomic mass is 10.0. The van der Waals surface area contributed by atoms with Gasteiger partial charge in [0.25, 0.3) is 0 Å². The first-order valence-electron chi connectivity index (χ1n) is 7.92. The van der Waals surface area contributed by atoms with Crippen molar-refractivity contribution in [3.63, 3.8) is 0 Å². The van der Waals surface area contributed by atoms with Gasteiger partial charge in [-0.3, -0.25) is 9.58 Å². The van der Waals surface area contributed by atoms with E-state index in [0.29, 0.717) is 6.61 Å². The van der Waals surface area contributed by atoms with Crippen molar-refractivity contribution >= 4 is 0 Å². The van der Waals surface area contributed by atoms with Crippen LogP contribution in [0.4, 0.5) is 0 Å².